The molecule has 3 nitrogen and oxygen atoms in total. The second kappa shape index (κ2) is 4.49. The topological polar surface area (TPSA) is 32.3 Å². The molecule has 0 bridgehead atoms. The summed E-state index contributed by atoms with van der Waals surface area (Å²) in [5.41, 5.74) is 1.67. The summed E-state index contributed by atoms with van der Waals surface area (Å²) in [6.45, 7) is 5.73. The Labute approximate surface area is 103 Å². The summed E-state index contributed by atoms with van der Waals surface area (Å²) >= 11 is 0. The Morgan fingerprint density at radius 1 is 1.29 bits per heavy atom. The van der Waals surface area contributed by atoms with Gasteiger partial charge in [0.15, 0.2) is 0 Å². The summed E-state index contributed by atoms with van der Waals surface area (Å²) in [4.78, 5) is 14.2. The molecule has 3 heteroatoms. The van der Waals surface area contributed by atoms with Crippen molar-refractivity contribution in [3.8, 4) is 0 Å². The van der Waals surface area contributed by atoms with Crippen LogP contribution in [0, 0.1) is 6.92 Å². The van der Waals surface area contributed by atoms with Gasteiger partial charge in [-0.1, -0.05) is 29.8 Å². The van der Waals surface area contributed by atoms with E-state index in [1.807, 2.05) is 31.0 Å². The second-order valence-electron chi connectivity index (χ2n) is 5.00. The Morgan fingerprint density at radius 3 is 2.59 bits per heavy atom. The summed E-state index contributed by atoms with van der Waals surface area (Å²) in [5, 5.41) is 3.38. The van der Waals surface area contributed by atoms with Gasteiger partial charge in [-0.3, -0.25) is 10.1 Å². The van der Waals surface area contributed by atoms with Crippen molar-refractivity contribution in [2.45, 2.75) is 25.8 Å². The van der Waals surface area contributed by atoms with E-state index < -0.39 is 5.54 Å². The Morgan fingerprint density at radius 2 is 1.94 bits per heavy atom. The molecule has 1 heterocycles. The number of nitrogens with zero attached hydrogens (tertiary/aromatic N) is 1. The van der Waals surface area contributed by atoms with Gasteiger partial charge in [0.25, 0.3) is 0 Å². The number of rotatable bonds is 1. The molecule has 0 radical (unpaired) electrons. The van der Waals surface area contributed by atoms with E-state index in [1.54, 1.807) is 0 Å². The van der Waals surface area contributed by atoms with Gasteiger partial charge in [0.05, 0.1) is 0 Å². The summed E-state index contributed by atoms with van der Waals surface area (Å²) in [6.07, 6.45) is 1.00. The zero-order valence-electron chi connectivity index (χ0n) is 10.8. The van der Waals surface area contributed by atoms with Crippen molar-refractivity contribution in [1.29, 1.82) is 0 Å². The molecule has 1 amide bonds. The second-order valence-corrected chi connectivity index (χ2v) is 5.00. The van der Waals surface area contributed by atoms with Crippen molar-refractivity contribution in [3.63, 3.8) is 0 Å². The van der Waals surface area contributed by atoms with E-state index in [0.717, 1.165) is 25.1 Å². The lowest BCUT2D eigenvalue weighted by Crippen LogP contribution is -2.50. The number of amides is 1. The summed E-state index contributed by atoms with van der Waals surface area (Å²) in [6, 6.07) is 8.19. The van der Waals surface area contributed by atoms with Crippen LogP contribution in [-0.4, -0.2) is 30.9 Å². The van der Waals surface area contributed by atoms with E-state index in [-0.39, 0.29) is 5.91 Å². The molecular weight excluding hydrogens is 212 g/mol. The minimum atomic E-state index is -0.584. The Hall–Kier alpha value is -1.35. The first-order valence-corrected chi connectivity index (χ1v) is 6.12. The molecule has 2 rings (SSSR count). The molecule has 1 saturated heterocycles. The quantitative estimate of drug-likeness (QED) is 0.798. The van der Waals surface area contributed by atoms with E-state index >= 15 is 0 Å². The summed E-state index contributed by atoms with van der Waals surface area (Å²) in [7, 11) is 1.88. The highest BCUT2D eigenvalue weighted by molar-refractivity contribution is 5.87. The van der Waals surface area contributed by atoms with Crippen LogP contribution in [0.2, 0.25) is 0 Å². The lowest BCUT2D eigenvalue weighted by molar-refractivity contribution is -0.135. The Bertz CT molecular complexity index is 413. The number of hydrogen-bond acceptors (Lipinski definition) is 2. The molecular formula is C14H20N2O. The van der Waals surface area contributed by atoms with Gasteiger partial charge in [0.2, 0.25) is 5.91 Å². The molecule has 0 spiro atoms. The van der Waals surface area contributed by atoms with Crippen molar-refractivity contribution < 1.29 is 4.79 Å². The fraction of sp³-hybridized carbons (Fsp3) is 0.500. The van der Waals surface area contributed by atoms with E-state index in [9.17, 15) is 4.79 Å². The number of hydrogen-bond donors (Lipinski definition) is 1. The fourth-order valence-corrected chi connectivity index (χ4v) is 2.33. The zero-order chi connectivity index (χ0) is 12.5. The molecule has 1 aromatic carbocycles. The van der Waals surface area contributed by atoms with E-state index in [4.69, 9.17) is 0 Å². The molecule has 1 unspecified atom stereocenters. The van der Waals surface area contributed by atoms with Gasteiger partial charge in [-0.25, -0.2) is 0 Å². The maximum absolute atomic E-state index is 12.4. The molecule has 0 aromatic heterocycles. The van der Waals surface area contributed by atoms with Crippen molar-refractivity contribution in [2.75, 3.05) is 20.1 Å². The van der Waals surface area contributed by atoms with Gasteiger partial charge >= 0.3 is 0 Å². The molecule has 1 aromatic rings. The van der Waals surface area contributed by atoms with Crippen LogP contribution in [0.1, 0.15) is 24.5 Å². The highest BCUT2D eigenvalue weighted by Crippen LogP contribution is 2.25. The number of benzene rings is 1. The molecule has 17 heavy (non-hydrogen) atoms. The first-order valence-electron chi connectivity index (χ1n) is 6.12. The average molecular weight is 232 g/mol. The average Bonchev–Trinajstić information content (AvgIpc) is 2.45. The minimum Gasteiger partial charge on any atom is -0.344 e. The van der Waals surface area contributed by atoms with Crippen molar-refractivity contribution in [2.24, 2.45) is 0 Å². The van der Waals surface area contributed by atoms with Gasteiger partial charge < -0.3 is 4.90 Å². The lowest BCUT2D eigenvalue weighted by Gasteiger charge is -2.31. The van der Waals surface area contributed by atoms with Crippen LogP contribution in [-0.2, 0) is 10.3 Å². The predicted octanol–water partition coefficient (Wildman–Crippen LogP) is 1.66. The molecule has 0 saturated carbocycles. The molecule has 0 aliphatic carbocycles. The van der Waals surface area contributed by atoms with Gasteiger partial charge in [-0.15, -0.1) is 0 Å². The fourth-order valence-electron chi connectivity index (χ4n) is 2.33. The van der Waals surface area contributed by atoms with Crippen LogP contribution < -0.4 is 5.32 Å². The third-order valence-corrected chi connectivity index (χ3v) is 3.55. The maximum atomic E-state index is 12.4. The van der Waals surface area contributed by atoms with Crippen LogP contribution >= 0.6 is 0 Å². The zero-order valence-corrected chi connectivity index (χ0v) is 10.8. The van der Waals surface area contributed by atoms with Gasteiger partial charge in [-0.05, 0) is 32.4 Å². The molecule has 1 atom stereocenters. The molecule has 1 fully saturated rings. The smallest absolute Gasteiger partial charge is 0.246 e. The van der Waals surface area contributed by atoms with Crippen molar-refractivity contribution in [3.05, 3.63) is 35.4 Å². The van der Waals surface area contributed by atoms with Crippen LogP contribution in [0.15, 0.2) is 24.3 Å². The lowest BCUT2D eigenvalue weighted by atomic mass is 9.90. The number of nitrogens with one attached hydrogen (secondary N) is 1. The number of aryl methyl sites for hydroxylation is 1. The highest BCUT2D eigenvalue weighted by Gasteiger charge is 2.38. The monoisotopic (exact) mass is 232 g/mol. The van der Waals surface area contributed by atoms with Crippen LogP contribution in [0.25, 0.3) is 0 Å². The van der Waals surface area contributed by atoms with Gasteiger partial charge in [-0.2, -0.15) is 0 Å². The standard InChI is InChI=1S/C14H20N2O/c1-11-5-7-12(8-6-11)14(2)13(17)16(3)10-4-9-15-14/h5-8,15H,4,9-10H2,1-3H3. The van der Waals surface area contributed by atoms with E-state index in [2.05, 4.69) is 24.4 Å². The molecule has 1 N–H and O–H groups in total. The molecule has 92 valence electrons. The van der Waals surface area contributed by atoms with E-state index in [1.165, 1.54) is 5.56 Å². The van der Waals surface area contributed by atoms with Crippen LogP contribution in [0.5, 0.6) is 0 Å². The van der Waals surface area contributed by atoms with Crippen molar-refractivity contribution in [1.82, 2.24) is 10.2 Å². The minimum absolute atomic E-state index is 0.152. The summed E-state index contributed by atoms with van der Waals surface area (Å²) < 4.78 is 0. The van der Waals surface area contributed by atoms with Gasteiger partial charge in [0.1, 0.15) is 5.54 Å². The normalized spacial score (nSPS) is 25.8. The number of carbonyl (C=O) groups excluding carboxylic acids is 1. The Balaban J connectivity index is 2.38. The van der Waals surface area contributed by atoms with Crippen molar-refractivity contribution >= 4 is 5.91 Å². The maximum Gasteiger partial charge on any atom is 0.246 e. The summed E-state index contributed by atoms with van der Waals surface area (Å²) in [5.74, 6) is 0.152. The largest absolute Gasteiger partial charge is 0.344 e. The third-order valence-electron chi connectivity index (χ3n) is 3.55. The van der Waals surface area contributed by atoms with Gasteiger partial charge in [0, 0.05) is 13.6 Å². The highest BCUT2D eigenvalue weighted by atomic mass is 16.2. The van der Waals surface area contributed by atoms with Crippen LogP contribution in [0.3, 0.4) is 0 Å². The first kappa shape index (κ1) is 12.1. The first-order chi connectivity index (χ1) is 8.04. The molecule has 1 aliphatic rings. The third kappa shape index (κ3) is 2.20. The predicted molar refractivity (Wildman–Crippen MR) is 68.8 cm³/mol. The SMILES string of the molecule is Cc1ccc(C2(C)NCCCN(C)C2=O)cc1. The number of carbonyl (C=O) groups is 1. The van der Waals surface area contributed by atoms with E-state index in [0.29, 0.717) is 0 Å². The number of likely N-dealkylation sites (N-methyl/N-ethyl adjacent to an activating group) is 1. The Kier molecular flexibility index (Phi) is 3.20. The van der Waals surface area contributed by atoms with Crippen LogP contribution in [0.4, 0.5) is 0 Å². The molecule has 1 aliphatic heterocycles.